The fourth-order valence-electron chi connectivity index (χ4n) is 1.77. The predicted octanol–water partition coefficient (Wildman–Crippen LogP) is 2.72. The van der Waals surface area contributed by atoms with Crippen LogP contribution in [0.2, 0.25) is 0 Å². The molecule has 2 rings (SSSR count). The first-order valence-electron chi connectivity index (χ1n) is 5.73. The van der Waals surface area contributed by atoms with Crippen molar-refractivity contribution in [2.75, 3.05) is 7.11 Å². The van der Waals surface area contributed by atoms with Crippen molar-refractivity contribution in [3.63, 3.8) is 0 Å². The number of aliphatic hydroxyl groups excluding tert-OH is 1. The van der Waals surface area contributed by atoms with Gasteiger partial charge in [-0.1, -0.05) is 0 Å². The number of hydrogen-bond acceptors (Lipinski definition) is 4. The van der Waals surface area contributed by atoms with Gasteiger partial charge in [-0.25, -0.2) is 9.37 Å². The number of rotatable bonds is 3. The molecule has 1 N–H and O–H groups in total. The molecule has 0 aliphatic rings. The molecule has 1 atom stereocenters. The molecule has 1 aromatic carbocycles. The van der Waals surface area contributed by atoms with Gasteiger partial charge in [0.25, 0.3) is 0 Å². The normalized spacial score (nSPS) is 13.0. The fourth-order valence-corrected chi connectivity index (χ4v) is 1.77. The molecule has 0 radical (unpaired) electrons. The third-order valence-corrected chi connectivity index (χ3v) is 2.71. The minimum Gasteiger partial charge on any atom is -0.480 e. The van der Waals surface area contributed by atoms with Crippen molar-refractivity contribution in [2.24, 2.45) is 0 Å². The van der Waals surface area contributed by atoms with Crippen LogP contribution in [0.3, 0.4) is 0 Å². The topological polar surface area (TPSA) is 55.2 Å². The summed E-state index contributed by atoms with van der Waals surface area (Å²) in [5.74, 6) is -1.16. The Kier molecular flexibility index (Phi) is 4.08. The Balaban J connectivity index is 2.48. The molecule has 112 valence electrons. The smallest absolute Gasteiger partial charge is 0.416 e. The molecule has 8 heteroatoms. The Labute approximate surface area is 117 Å². The first-order valence-corrected chi connectivity index (χ1v) is 5.73. The Bertz CT molecular complexity index is 646. The van der Waals surface area contributed by atoms with E-state index in [0.29, 0.717) is 12.1 Å². The summed E-state index contributed by atoms with van der Waals surface area (Å²) in [5, 5.41) is 10.1. The second-order valence-corrected chi connectivity index (χ2v) is 4.12. The van der Waals surface area contributed by atoms with E-state index in [2.05, 4.69) is 9.97 Å². The van der Waals surface area contributed by atoms with Gasteiger partial charge in [0, 0.05) is 12.4 Å². The van der Waals surface area contributed by atoms with Gasteiger partial charge in [0.2, 0.25) is 5.88 Å². The lowest BCUT2D eigenvalue weighted by molar-refractivity contribution is -0.137. The minimum absolute atomic E-state index is 0.0529. The predicted molar refractivity (Wildman–Crippen MR) is 64.0 cm³/mol. The number of halogens is 4. The molecule has 0 saturated carbocycles. The van der Waals surface area contributed by atoms with Crippen molar-refractivity contribution in [1.82, 2.24) is 9.97 Å². The molecular weight excluding hydrogens is 292 g/mol. The summed E-state index contributed by atoms with van der Waals surface area (Å²) in [4.78, 5) is 7.58. The molecule has 0 amide bonds. The number of alkyl halides is 3. The van der Waals surface area contributed by atoms with Crippen molar-refractivity contribution in [3.8, 4) is 5.88 Å². The van der Waals surface area contributed by atoms with Crippen molar-refractivity contribution >= 4 is 0 Å². The quantitative estimate of drug-likeness (QED) is 0.886. The SMILES string of the molecule is COc1nccnc1C(O)c1cc(F)cc(C(F)(F)F)c1. The zero-order valence-corrected chi connectivity index (χ0v) is 10.7. The highest BCUT2D eigenvalue weighted by atomic mass is 19.4. The molecule has 2 aromatic rings. The average molecular weight is 302 g/mol. The summed E-state index contributed by atoms with van der Waals surface area (Å²) >= 11 is 0. The standard InChI is InChI=1S/C13H10F4N2O2/c1-21-12-10(18-2-3-19-12)11(20)7-4-8(13(15,16)17)6-9(14)5-7/h2-6,11,20H,1H3. The fraction of sp³-hybridized carbons (Fsp3) is 0.231. The summed E-state index contributed by atoms with van der Waals surface area (Å²) in [6.45, 7) is 0. The molecule has 1 heterocycles. The maximum Gasteiger partial charge on any atom is 0.416 e. The molecule has 0 saturated heterocycles. The third-order valence-electron chi connectivity index (χ3n) is 2.71. The zero-order chi connectivity index (χ0) is 15.6. The molecular formula is C13H10F4N2O2. The van der Waals surface area contributed by atoms with Crippen LogP contribution in [0.5, 0.6) is 5.88 Å². The number of ether oxygens (including phenoxy) is 1. The van der Waals surface area contributed by atoms with Gasteiger partial charge in [-0.05, 0) is 23.8 Å². The number of nitrogens with zero attached hydrogens (tertiary/aromatic N) is 2. The lowest BCUT2D eigenvalue weighted by Crippen LogP contribution is -2.10. The van der Waals surface area contributed by atoms with E-state index in [0.717, 1.165) is 6.07 Å². The van der Waals surface area contributed by atoms with Gasteiger partial charge in [-0.3, -0.25) is 4.98 Å². The van der Waals surface area contributed by atoms with Crippen LogP contribution < -0.4 is 4.74 Å². The first-order chi connectivity index (χ1) is 9.82. The van der Waals surface area contributed by atoms with Crippen molar-refractivity contribution in [3.05, 3.63) is 53.2 Å². The Morgan fingerprint density at radius 3 is 2.43 bits per heavy atom. The Hall–Kier alpha value is -2.22. The molecule has 0 aliphatic heterocycles. The molecule has 1 unspecified atom stereocenters. The minimum atomic E-state index is -4.72. The van der Waals surface area contributed by atoms with Crippen LogP contribution in [0.4, 0.5) is 17.6 Å². The van der Waals surface area contributed by atoms with E-state index in [4.69, 9.17) is 4.74 Å². The van der Waals surface area contributed by atoms with Crippen LogP contribution in [0.25, 0.3) is 0 Å². The summed E-state index contributed by atoms with van der Waals surface area (Å²) in [6, 6.07) is 1.81. The van der Waals surface area contributed by atoms with E-state index in [1.165, 1.54) is 19.5 Å². The van der Waals surface area contributed by atoms with Crippen LogP contribution in [0, 0.1) is 5.82 Å². The summed E-state index contributed by atoms with van der Waals surface area (Å²) in [6.07, 6.45) is -3.78. The number of aliphatic hydroxyl groups is 1. The maximum absolute atomic E-state index is 13.3. The highest BCUT2D eigenvalue weighted by Crippen LogP contribution is 2.33. The van der Waals surface area contributed by atoms with E-state index in [-0.39, 0.29) is 17.1 Å². The van der Waals surface area contributed by atoms with Gasteiger partial charge in [0.15, 0.2) is 0 Å². The van der Waals surface area contributed by atoms with Crippen LogP contribution in [0.1, 0.15) is 22.9 Å². The first kappa shape index (κ1) is 15.2. The van der Waals surface area contributed by atoms with E-state index in [1.54, 1.807) is 0 Å². The van der Waals surface area contributed by atoms with Crippen LogP contribution >= 0.6 is 0 Å². The van der Waals surface area contributed by atoms with E-state index in [9.17, 15) is 22.7 Å². The van der Waals surface area contributed by atoms with Crippen molar-refractivity contribution in [2.45, 2.75) is 12.3 Å². The van der Waals surface area contributed by atoms with E-state index >= 15 is 0 Å². The lowest BCUT2D eigenvalue weighted by atomic mass is 10.0. The number of hydrogen-bond donors (Lipinski definition) is 1. The van der Waals surface area contributed by atoms with Gasteiger partial charge in [-0.2, -0.15) is 13.2 Å². The van der Waals surface area contributed by atoms with Gasteiger partial charge in [-0.15, -0.1) is 0 Å². The lowest BCUT2D eigenvalue weighted by Gasteiger charge is -2.15. The largest absolute Gasteiger partial charge is 0.480 e. The zero-order valence-electron chi connectivity index (χ0n) is 10.7. The highest BCUT2D eigenvalue weighted by molar-refractivity contribution is 5.34. The highest BCUT2D eigenvalue weighted by Gasteiger charge is 2.32. The summed E-state index contributed by atoms with van der Waals surface area (Å²) in [7, 11) is 1.27. The molecule has 0 spiro atoms. The average Bonchev–Trinajstić information content (AvgIpc) is 2.45. The summed E-state index contributed by atoms with van der Waals surface area (Å²) < 4.78 is 56.2. The monoisotopic (exact) mass is 302 g/mol. The maximum atomic E-state index is 13.3. The third kappa shape index (κ3) is 3.27. The molecule has 0 bridgehead atoms. The van der Waals surface area contributed by atoms with Gasteiger partial charge in [0.1, 0.15) is 17.6 Å². The molecule has 1 aromatic heterocycles. The molecule has 4 nitrogen and oxygen atoms in total. The van der Waals surface area contributed by atoms with Crippen molar-refractivity contribution < 1.29 is 27.4 Å². The second-order valence-electron chi connectivity index (χ2n) is 4.12. The number of aromatic nitrogens is 2. The Morgan fingerprint density at radius 1 is 1.14 bits per heavy atom. The van der Waals surface area contributed by atoms with E-state index in [1.807, 2.05) is 0 Å². The molecule has 0 fully saturated rings. The van der Waals surface area contributed by atoms with Gasteiger partial charge in [0.05, 0.1) is 12.7 Å². The molecule has 21 heavy (non-hydrogen) atoms. The van der Waals surface area contributed by atoms with Crippen LogP contribution in [-0.4, -0.2) is 22.2 Å². The van der Waals surface area contributed by atoms with E-state index < -0.39 is 23.7 Å². The Morgan fingerprint density at radius 2 is 1.81 bits per heavy atom. The van der Waals surface area contributed by atoms with Gasteiger partial charge < -0.3 is 9.84 Å². The number of benzene rings is 1. The number of methoxy groups -OCH3 is 1. The summed E-state index contributed by atoms with van der Waals surface area (Å²) in [5.41, 5.74) is -1.58. The second kappa shape index (κ2) is 5.65. The molecule has 0 aliphatic carbocycles. The van der Waals surface area contributed by atoms with Crippen molar-refractivity contribution in [1.29, 1.82) is 0 Å². The van der Waals surface area contributed by atoms with Crippen LogP contribution in [-0.2, 0) is 6.18 Å². The van der Waals surface area contributed by atoms with Crippen LogP contribution in [0.15, 0.2) is 30.6 Å². The van der Waals surface area contributed by atoms with Gasteiger partial charge >= 0.3 is 6.18 Å².